The average Bonchev–Trinajstić information content (AvgIpc) is 3.42. The lowest BCUT2D eigenvalue weighted by atomic mass is 10.0. The molecule has 0 aromatic heterocycles. The second kappa shape index (κ2) is 65.7. The molecule has 0 heterocycles. The maximum Gasteiger partial charge on any atom is 0.306 e. The van der Waals surface area contributed by atoms with Crippen LogP contribution < -0.4 is 0 Å². The molecule has 450 valence electrons. The Labute approximate surface area is 475 Å². The summed E-state index contributed by atoms with van der Waals surface area (Å²) in [4.78, 5) is 38.0. The van der Waals surface area contributed by atoms with E-state index in [1.54, 1.807) is 0 Å². The highest BCUT2D eigenvalue weighted by molar-refractivity contribution is 5.71. The van der Waals surface area contributed by atoms with Crippen LogP contribution in [0.4, 0.5) is 0 Å². The van der Waals surface area contributed by atoms with Crippen molar-refractivity contribution in [2.75, 3.05) is 13.2 Å². The first-order valence-electron chi connectivity index (χ1n) is 34.7. The van der Waals surface area contributed by atoms with E-state index in [9.17, 15) is 14.4 Å². The van der Waals surface area contributed by atoms with Gasteiger partial charge in [-0.25, -0.2) is 0 Å². The van der Waals surface area contributed by atoms with Crippen molar-refractivity contribution in [3.63, 3.8) is 0 Å². The molecular formula is C70H134O6. The van der Waals surface area contributed by atoms with E-state index in [2.05, 4.69) is 32.9 Å². The minimum Gasteiger partial charge on any atom is -0.462 e. The number of esters is 3. The summed E-state index contributed by atoms with van der Waals surface area (Å²) < 4.78 is 16.8. The first kappa shape index (κ1) is 74.2. The summed E-state index contributed by atoms with van der Waals surface area (Å²) in [5, 5.41) is 0. The second-order valence-corrected chi connectivity index (χ2v) is 23.8. The van der Waals surface area contributed by atoms with Crippen LogP contribution in [0.5, 0.6) is 0 Å². The third-order valence-corrected chi connectivity index (χ3v) is 16.0. The minimum atomic E-state index is -0.762. The Morgan fingerprint density at radius 1 is 0.250 bits per heavy atom. The second-order valence-electron chi connectivity index (χ2n) is 23.8. The average molecular weight is 1070 g/mol. The van der Waals surface area contributed by atoms with Crippen LogP contribution in [0.3, 0.4) is 0 Å². The Kier molecular flexibility index (Phi) is 64.1. The quantitative estimate of drug-likeness (QED) is 0.0261. The Balaban J connectivity index is 3.90. The summed E-state index contributed by atoms with van der Waals surface area (Å²) in [5.41, 5.74) is 0. The molecule has 76 heavy (non-hydrogen) atoms. The summed E-state index contributed by atoms with van der Waals surface area (Å²) in [6.45, 7) is 6.66. The van der Waals surface area contributed by atoms with E-state index < -0.39 is 6.10 Å². The van der Waals surface area contributed by atoms with E-state index in [1.807, 2.05) is 0 Å². The van der Waals surface area contributed by atoms with Gasteiger partial charge in [0, 0.05) is 19.3 Å². The molecule has 0 N–H and O–H groups in total. The van der Waals surface area contributed by atoms with Crippen molar-refractivity contribution >= 4 is 17.9 Å². The fourth-order valence-corrected chi connectivity index (χ4v) is 10.8. The van der Waals surface area contributed by atoms with Gasteiger partial charge >= 0.3 is 17.9 Å². The molecule has 0 spiro atoms. The molecule has 0 bridgehead atoms. The van der Waals surface area contributed by atoms with Gasteiger partial charge in [-0.3, -0.25) is 14.4 Å². The molecule has 0 radical (unpaired) electrons. The van der Waals surface area contributed by atoms with Crippen LogP contribution in [0.25, 0.3) is 0 Å². The van der Waals surface area contributed by atoms with E-state index >= 15 is 0 Å². The minimum absolute atomic E-state index is 0.0631. The molecule has 0 aliphatic heterocycles. The fourth-order valence-electron chi connectivity index (χ4n) is 10.8. The van der Waals surface area contributed by atoms with E-state index in [-0.39, 0.29) is 31.1 Å². The van der Waals surface area contributed by atoms with Gasteiger partial charge in [-0.2, -0.15) is 0 Å². The number of hydrogen-bond acceptors (Lipinski definition) is 6. The Morgan fingerprint density at radius 3 is 0.658 bits per heavy atom. The van der Waals surface area contributed by atoms with E-state index in [4.69, 9.17) is 14.2 Å². The normalized spacial score (nSPS) is 12.0. The van der Waals surface area contributed by atoms with Crippen LogP contribution in [-0.2, 0) is 28.6 Å². The van der Waals surface area contributed by atoms with Crippen LogP contribution in [0.2, 0.25) is 0 Å². The van der Waals surface area contributed by atoms with Crippen molar-refractivity contribution in [2.24, 2.45) is 0 Å². The molecular weight excluding hydrogens is 937 g/mol. The van der Waals surface area contributed by atoms with Gasteiger partial charge in [-0.05, 0) is 44.9 Å². The summed E-state index contributed by atoms with van der Waals surface area (Å²) in [7, 11) is 0. The monoisotopic (exact) mass is 1070 g/mol. The van der Waals surface area contributed by atoms with Gasteiger partial charge in [0.05, 0.1) is 0 Å². The molecule has 0 fully saturated rings. The zero-order valence-corrected chi connectivity index (χ0v) is 51.8. The molecule has 6 nitrogen and oxygen atoms in total. The van der Waals surface area contributed by atoms with Crippen LogP contribution in [-0.4, -0.2) is 37.2 Å². The molecule has 0 aromatic carbocycles. The van der Waals surface area contributed by atoms with Crippen molar-refractivity contribution in [3.05, 3.63) is 12.2 Å². The lowest BCUT2D eigenvalue weighted by molar-refractivity contribution is -0.167. The summed E-state index contributed by atoms with van der Waals surface area (Å²) in [6.07, 6.45) is 78.6. The Morgan fingerprint density at radius 2 is 0.434 bits per heavy atom. The number of ether oxygens (including phenoxy) is 3. The van der Waals surface area contributed by atoms with Crippen molar-refractivity contribution in [1.29, 1.82) is 0 Å². The number of hydrogen-bond donors (Lipinski definition) is 0. The van der Waals surface area contributed by atoms with Crippen molar-refractivity contribution in [3.8, 4) is 0 Å². The molecule has 6 heteroatoms. The first-order valence-corrected chi connectivity index (χ1v) is 34.7. The topological polar surface area (TPSA) is 78.9 Å². The molecule has 1 atom stereocenters. The zero-order chi connectivity index (χ0) is 55.0. The zero-order valence-electron chi connectivity index (χ0n) is 51.8. The summed E-state index contributed by atoms with van der Waals surface area (Å²) >= 11 is 0. The van der Waals surface area contributed by atoms with E-state index in [1.165, 1.54) is 302 Å². The van der Waals surface area contributed by atoms with Gasteiger partial charge in [0.25, 0.3) is 0 Å². The Bertz CT molecular complexity index is 1180. The van der Waals surface area contributed by atoms with Crippen LogP contribution in [0, 0.1) is 0 Å². The highest BCUT2D eigenvalue weighted by atomic mass is 16.6. The molecule has 0 aromatic rings. The van der Waals surface area contributed by atoms with E-state index in [0.29, 0.717) is 19.3 Å². The maximum absolute atomic E-state index is 12.8. The number of rotatable bonds is 65. The molecule has 0 saturated carbocycles. The van der Waals surface area contributed by atoms with Crippen molar-refractivity contribution < 1.29 is 28.6 Å². The lowest BCUT2D eigenvalue weighted by Crippen LogP contribution is -2.30. The lowest BCUT2D eigenvalue weighted by Gasteiger charge is -2.18. The van der Waals surface area contributed by atoms with Crippen LogP contribution >= 0.6 is 0 Å². The molecule has 0 aliphatic carbocycles. The summed E-state index contributed by atoms with van der Waals surface area (Å²) in [6, 6.07) is 0. The van der Waals surface area contributed by atoms with Gasteiger partial charge < -0.3 is 14.2 Å². The molecule has 0 rings (SSSR count). The predicted octanol–water partition coefficient (Wildman–Crippen LogP) is 23.6. The van der Waals surface area contributed by atoms with Gasteiger partial charge in [-0.1, -0.05) is 348 Å². The van der Waals surface area contributed by atoms with Gasteiger partial charge in [-0.15, -0.1) is 0 Å². The largest absolute Gasteiger partial charge is 0.462 e. The highest BCUT2D eigenvalue weighted by Gasteiger charge is 2.19. The molecule has 0 aliphatic rings. The molecule has 1 unspecified atom stereocenters. The highest BCUT2D eigenvalue weighted by Crippen LogP contribution is 2.19. The smallest absolute Gasteiger partial charge is 0.306 e. The summed E-state index contributed by atoms with van der Waals surface area (Å²) in [5.74, 6) is -0.843. The molecule has 0 amide bonds. The van der Waals surface area contributed by atoms with Gasteiger partial charge in [0.1, 0.15) is 13.2 Å². The number of allylic oxidation sites excluding steroid dienone is 2. The number of carbonyl (C=O) groups excluding carboxylic acids is 3. The standard InChI is InChI=1S/C70H134O6/c1-4-7-10-13-16-18-20-22-24-26-28-29-30-31-32-33-34-35-36-37-38-39-40-41-43-44-46-48-50-52-54-57-60-63-69(72)75-66-67(65-74-68(71)62-59-56-15-12-9-6-3)76-70(73)64-61-58-55-53-51-49-47-45-42-27-25-23-21-19-17-14-11-8-5-2/h26,28,67H,4-25,27,29-66H2,1-3H3/b28-26-. The van der Waals surface area contributed by atoms with E-state index in [0.717, 1.165) is 57.8 Å². The van der Waals surface area contributed by atoms with Crippen molar-refractivity contribution in [2.45, 2.75) is 406 Å². The Hall–Kier alpha value is -1.85. The first-order chi connectivity index (χ1) is 37.5. The molecule has 0 saturated heterocycles. The SMILES string of the molecule is CCCCCCCCCC/C=C\CCCCCCCCCCCCCCCCCCCCCCCC(=O)OCC(COC(=O)CCCCCCCC)OC(=O)CCCCCCCCCCCCCCCCCCCCC. The van der Waals surface area contributed by atoms with Gasteiger partial charge in [0.2, 0.25) is 0 Å². The number of unbranched alkanes of at least 4 members (excludes halogenated alkanes) is 52. The maximum atomic E-state index is 12.8. The van der Waals surface area contributed by atoms with Crippen LogP contribution in [0.15, 0.2) is 12.2 Å². The van der Waals surface area contributed by atoms with Gasteiger partial charge in [0.15, 0.2) is 6.10 Å². The fraction of sp³-hybridized carbons (Fsp3) is 0.929. The van der Waals surface area contributed by atoms with Crippen molar-refractivity contribution in [1.82, 2.24) is 0 Å². The number of carbonyl (C=O) groups is 3. The predicted molar refractivity (Wildman–Crippen MR) is 330 cm³/mol. The third-order valence-electron chi connectivity index (χ3n) is 16.0. The van der Waals surface area contributed by atoms with Crippen LogP contribution in [0.1, 0.15) is 400 Å². The third kappa shape index (κ3) is 63.0.